The number of unbranched alkanes of at least 4 members (excludes halogenated alkanes) is 5. The van der Waals surface area contributed by atoms with Crippen molar-refractivity contribution in [2.45, 2.75) is 84.3 Å². The molecule has 0 amide bonds. The van der Waals surface area contributed by atoms with Gasteiger partial charge >= 0.3 is 7.12 Å². The van der Waals surface area contributed by atoms with E-state index in [1.54, 1.807) is 0 Å². The number of ether oxygens (including phenoxy) is 1. The normalized spacial score (nSPS) is 17.7. The van der Waals surface area contributed by atoms with Crippen LogP contribution in [-0.2, 0) is 9.31 Å². The Hall–Kier alpha value is -1.80. The van der Waals surface area contributed by atoms with Crippen LogP contribution in [0.15, 0.2) is 12.1 Å². The number of hydrogen-bond donors (Lipinski definition) is 1. The summed E-state index contributed by atoms with van der Waals surface area (Å²) in [5.74, 6) is 0.482. The molecule has 1 aliphatic rings. The molecule has 0 atom stereocenters. The fourth-order valence-corrected chi connectivity index (χ4v) is 3.10. The zero-order valence-electron chi connectivity index (χ0n) is 17.7. The highest BCUT2D eigenvalue weighted by Gasteiger charge is 2.52. The standard InChI is InChI=1S/C20H33BN2O5/c1-6-7-8-9-10-11-12-26-18-14-16(22)17(23(24)25)13-15(18)21-27-19(2,3)20(4,5)28-21/h13-14H,6-12,22H2,1-5H3. The van der Waals surface area contributed by atoms with E-state index in [1.165, 1.54) is 37.8 Å². The van der Waals surface area contributed by atoms with Gasteiger partial charge in [-0.3, -0.25) is 10.1 Å². The summed E-state index contributed by atoms with van der Waals surface area (Å²) in [6.45, 7) is 10.5. The molecule has 1 aliphatic heterocycles. The maximum atomic E-state index is 11.3. The number of nitrogens with zero attached hydrogens (tertiary/aromatic N) is 1. The summed E-state index contributed by atoms with van der Waals surface area (Å²) in [5.41, 5.74) is 5.18. The van der Waals surface area contributed by atoms with Gasteiger partial charge in [-0.1, -0.05) is 39.0 Å². The molecular formula is C20H33BN2O5. The molecule has 2 N–H and O–H groups in total. The lowest BCUT2D eigenvalue weighted by Gasteiger charge is -2.32. The largest absolute Gasteiger partial charge is 0.498 e. The van der Waals surface area contributed by atoms with Crippen molar-refractivity contribution in [2.24, 2.45) is 0 Å². The predicted octanol–water partition coefficient (Wildman–Crippen LogP) is 4.22. The van der Waals surface area contributed by atoms with Crippen LogP contribution in [0.1, 0.15) is 73.1 Å². The van der Waals surface area contributed by atoms with Gasteiger partial charge in [0, 0.05) is 17.6 Å². The van der Waals surface area contributed by atoms with Crippen LogP contribution in [0.4, 0.5) is 11.4 Å². The van der Waals surface area contributed by atoms with Gasteiger partial charge in [-0.15, -0.1) is 0 Å². The molecule has 28 heavy (non-hydrogen) atoms. The Balaban J connectivity index is 2.16. The van der Waals surface area contributed by atoms with E-state index in [-0.39, 0.29) is 11.4 Å². The van der Waals surface area contributed by atoms with Gasteiger partial charge < -0.3 is 19.8 Å². The van der Waals surface area contributed by atoms with Gasteiger partial charge in [-0.05, 0) is 34.1 Å². The third-order valence-corrected chi connectivity index (χ3v) is 5.62. The summed E-state index contributed by atoms with van der Waals surface area (Å²) in [6.07, 6.45) is 6.91. The molecule has 0 radical (unpaired) electrons. The van der Waals surface area contributed by atoms with Crippen LogP contribution < -0.4 is 15.9 Å². The monoisotopic (exact) mass is 392 g/mol. The molecule has 1 fully saturated rings. The molecule has 156 valence electrons. The summed E-state index contributed by atoms with van der Waals surface area (Å²) in [6, 6.07) is 2.92. The first-order valence-corrected chi connectivity index (χ1v) is 10.2. The van der Waals surface area contributed by atoms with Gasteiger partial charge in [-0.25, -0.2) is 0 Å². The first-order valence-electron chi connectivity index (χ1n) is 10.2. The molecule has 0 aliphatic carbocycles. The summed E-state index contributed by atoms with van der Waals surface area (Å²) < 4.78 is 18.1. The van der Waals surface area contributed by atoms with Crippen LogP contribution in [0.2, 0.25) is 0 Å². The second kappa shape index (κ2) is 9.14. The minimum atomic E-state index is -0.746. The Bertz CT molecular complexity index is 677. The predicted molar refractivity (Wildman–Crippen MR) is 112 cm³/mol. The quantitative estimate of drug-likeness (QED) is 0.211. The van der Waals surface area contributed by atoms with E-state index in [0.29, 0.717) is 17.8 Å². The average Bonchev–Trinajstić information content (AvgIpc) is 2.81. The summed E-state index contributed by atoms with van der Waals surface area (Å²) in [5, 5.41) is 11.3. The van der Waals surface area contributed by atoms with E-state index >= 15 is 0 Å². The van der Waals surface area contributed by atoms with Gasteiger partial charge in [0.25, 0.3) is 5.69 Å². The van der Waals surface area contributed by atoms with Crippen LogP contribution in [-0.4, -0.2) is 29.9 Å². The number of benzene rings is 1. The third kappa shape index (κ3) is 5.17. The van der Waals surface area contributed by atoms with E-state index in [1.807, 2.05) is 27.7 Å². The molecule has 8 heteroatoms. The molecule has 1 saturated heterocycles. The zero-order valence-corrected chi connectivity index (χ0v) is 17.7. The maximum absolute atomic E-state index is 11.3. The molecule has 0 unspecified atom stereocenters. The van der Waals surface area contributed by atoms with Crippen LogP contribution in [0.25, 0.3) is 0 Å². The molecule has 1 aromatic rings. The molecule has 1 aromatic carbocycles. The highest BCUT2D eigenvalue weighted by atomic mass is 16.7. The highest BCUT2D eigenvalue weighted by Crippen LogP contribution is 2.38. The Labute approximate surface area is 168 Å². The molecule has 0 spiro atoms. The van der Waals surface area contributed by atoms with Gasteiger partial charge in [0.2, 0.25) is 0 Å². The molecule has 0 aromatic heterocycles. The number of anilines is 1. The lowest BCUT2D eigenvalue weighted by molar-refractivity contribution is -0.383. The fraction of sp³-hybridized carbons (Fsp3) is 0.700. The molecule has 2 rings (SSSR count). The average molecular weight is 392 g/mol. The van der Waals surface area contributed by atoms with Crippen molar-refractivity contribution in [3.05, 3.63) is 22.2 Å². The van der Waals surface area contributed by atoms with Crippen molar-refractivity contribution in [1.29, 1.82) is 0 Å². The third-order valence-electron chi connectivity index (χ3n) is 5.62. The number of nitrogen functional groups attached to an aromatic ring is 1. The SMILES string of the molecule is CCCCCCCCOc1cc(N)c([N+](=O)[O-])cc1B1OC(C)(C)C(C)(C)O1. The second-order valence-electron chi connectivity index (χ2n) is 8.41. The van der Waals surface area contributed by atoms with Crippen molar-refractivity contribution in [1.82, 2.24) is 0 Å². The van der Waals surface area contributed by atoms with Gasteiger partial charge in [-0.2, -0.15) is 0 Å². The van der Waals surface area contributed by atoms with E-state index in [4.69, 9.17) is 19.8 Å². The number of nitro groups is 1. The van der Waals surface area contributed by atoms with Crippen molar-refractivity contribution < 1.29 is 19.0 Å². The molecular weight excluding hydrogens is 359 g/mol. The van der Waals surface area contributed by atoms with Crippen molar-refractivity contribution >= 4 is 24.0 Å². The topological polar surface area (TPSA) is 96.9 Å². The molecule has 7 nitrogen and oxygen atoms in total. The highest BCUT2D eigenvalue weighted by molar-refractivity contribution is 6.63. The Kier molecular flexibility index (Phi) is 7.34. The van der Waals surface area contributed by atoms with E-state index in [2.05, 4.69) is 6.92 Å². The smallest absolute Gasteiger partial charge is 0.494 e. The number of rotatable bonds is 10. The van der Waals surface area contributed by atoms with Gasteiger partial charge in [0.15, 0.2) is 0 Å². The van der Waals surface area contributed by atoms with Crippen LogP contribution in [0, 0.1) is 10.1 Å². The van der Waals surface area contributed by atoms with Gasteiger partial charge in [0.1, 0.15) is 11.4 Å². The lowest BCUT2D eigenvalue weighted by Crippen LogP contribution is -2.41. The molecule has 0 saturated carbocycles. The fourth-order valence-electron chi connectivity index (χ4n) is 3.10. The van der Waals surface area contributed by atoms with Crippen LogP contribution in [0.5, 0.6) is 5.75 Å². The molecule has 1 heterocycles. The second-order valence-corrected chi connectivity index (χ2v) is 8.41. The molecule has 0 bridgehead atoms. The van der Waals surface area contributed by atoms with Crippen molar-refractivity contribution in [3.63, 3.8) is 0 Å². The minimum Gasteiger partial charge on any atom is -0.494 e. The van der Waals surface area contributed by atoms with Crippen molar-refractivity contribution in [3.8, 4) is 5.75 Å². The Morgan fingerprint density at radius 3 is 2.21 bits per heavy atom. The number of nitrogens with two attached hydrogens (primary N) is 1. The van der Waals surface area contributed by atoms with E-state index in [9.17, 15) is 10.1 Å². The zero-order chi connectivity index (χ0) is 20.9. The van der Waals surface area contributed by atoms with E-state index in [0.717, 1.165) is 12.8 Å². The first-order chi connectivity index (χ1) is 13.1. The van der Waals surface area contributed by atoms with Crippen LogP contribution in [0.3, 0.4) is 0 Å². The minimum absolute atomic E-state index is 0.0724. The van der Waals surface area contributed by atoms with Crippen LogP contribution >= 0.6 is 0 Å². The Morgan fingerprint density at radius 1 is 1.07 bits per heavy atom. The first kappa shape index (κ1) is 22.5. The summed E-state index contributed by atoms with van der Waals surface area (Å²) >= 11 is 0. The summed E-state index contributed by atoms with van der Waals surface area (Å²) in [4.78, 5) is 10.8. The van der Waals surface area contributed by atoms with Gasteiger partial charge in [0.05, 0.1) is 22.7 Å². The van der Waals surface area contributed by atoms with Crippen molar-refractivity contribution in [2.75, 3.05) is 12.3 Å². The summed E-state index contributed by atoms with van der Waals surface area (Å²) in [7, 11) is -0.746. The lowest BCUT2D eigenvalue weighted by atomic mass is 9.78. The number of hydrogen-bond acceptors (Lipinski definition) is 6. The van der Waals surface area contributed by atoms with E-state index < -0.39 is 23.2 Å². The maximum Gasteiger partial charge on any atom is 0.498 e. The number of nitro benzene ring substituents is 1. The Morgan fingerprint density at radius 2 is 1.64 bits per heavy atom.